The van der Waals surface area contributed by atoms with E-state index < -0.39 is 0 Å². The largest absolute Gasteiger partial charge is 0.351 e. The molecule has 0 spiro atoms. The van der Waals surface area contributed by atoms with Crippen LogP contribution in [0.3, 0.4) is 0 Å². The van der Waals surface area contributed by atoms with E-state index in [1.54, 1.807) is 11.8 Å². The van der Waals surface area contributed by atoms with E-state index in [4.69, 9.17) is 0 Å². The predicted octanol–water partition coefficient (Wildman–Crippen LogP) is 1.53. The predicted molar refractivity (Wildman–Crippen MR) is 71.9 cm³/mol. The normalized spacial score (nSPS) is 19.2. The number of thioether (sulfide) groups is 1. The summed E-state index contributed by atoms with van der Waals surface area (Å²) in [5.41, 5.74) is 2.52. The van der Waals surface area contributed by atoms with E-state index in [9.17, 15) is 4.79 Å². The van der Waals surface area contributed by atoms with Crippen molar-refractivity contribution in [3.8, 4) is 0 Å². The molecule has 1 aliphatic heterocycles. The van der Waals surface area contributed by atoms with Gasteiger partial charge in [-0.1, -0.05) is 31.2 Å². The molecule has 1 aromatic carbocycles. The number of amides is 1. The first-order valence-corrected chi connectivity index (χ1v) is 7.12. The van der Waals surface area contributed by atoms with Crippen LogP contribution in [-0.4, -0.2) is 23.6 Å². The zero-order valence-electron chi connectivity index (χ0n) is 10.0. The third-order valence-corrected chi connectivity index (χ3v) is 3.92. The van der Waals surface area contributed by atoms with Gasteiger partial charge in [-0.05, 0) is 17.5 Å². The van der Waals surface area contributed by atoms with E-state index >= 15 is 0 Å². The number of hydrogen-bond donors (Lipinski definition) is 2. The summed E-state index contributed by atoms with van der Waals surface area (Å²) in [6.45, 7) is 2.77. The van der Waals surface area contributed by atoms with Gasteiger partial charge in [0.05, 0.1) is 6.04 Å². The summed E-state index contributed by atoms with van der Waals surface area (Å²) in [4.78, 5) is 11.8. The molecule has 0 saturated carbocycles. The van der Waals surface area contributed by atoms with Gasteiger partial charge in [-0.15, -0.1) is 11.8 Å². The van der Waals surface area contributed by atoms with Gasteiger partial charge in [0.15, 0.2) is 0 Å². The second kappa shape index (κ2) is 6.07. The highest BCUT2D eigenvalue weighted by Gasteiger charge is 2.21. The van der Waals surface area contributed by atoms with Gasteiger partial charge in [-0.3, -0.25) is 10.1 Å². The number of carbonyl (C=O) groups excluding carboxylic acids is 1. The van der Waals surface area contributed by atoms with Gasteiger partial charge in [0.25, 0.3) is 0 Å². The van der Waals surface area contributed by atoms with Crippen LogP contribution in [0.2, 0.25) is 0 Å². The van der Waals surface area contributed by atoms with Crippen LogP contribution in [0.25, 0.3) is 0 Å². The Labute approximate surface area is 106 Å². The Morgan fingerprint density at radius 3 is 2.88 bits per heavy atom. The highest BCUT2D eigenvalue weighted by Crippen LogP contribution is 2.11. The van der Waals surface area contributed by atoms with Crippen molar-refractivity contribution in [1.82, 2.24) is 10.6 Å². The lowest BCUT2D eigenvalue weighted by Crippen LogP contribution is -2.41. The Kier molecular flexibility index (Phi) is 4.45. The number of rotatable bonds is 4. The molecule has 1 heterocycles. The van der Waals surface area contributed by atoms with E-state index in [0.717, 1.165) is 18.1 Å². The Bertz CT molecular complexity index is 389. The smallest absolute Gasteiger partial charge is 0.238 e. The summed E-state index contributed by atoms with van der Waals surface area (Å²) < 4.78 is 0. The zero-order valence-corrected chi connectivity index (χ0v) is 10.8. The molecular formula is C13H18N2OS. The molecule has 0 unspecified atom stereocenters. The molecule has 0 aromatic heterocycles. The summed E-state index contributed by atoms with van der Waals surface area (Å²) in [5.74, 6) is 1.87. The van der Waals surface area contributed by atoms with Crippen molar-refractivity contribution in [2.24, 2.45) is 0 Å². The lowest BCUT2D eigenvalue weighted by molar-refractivity contribution is -0.122. The van der Waals surface area contributed by atoms with E-state index in [-0.39, 0.29) is 11.9 Å². The third kappa shape index (κ3) is 3.23. The van der Waals surface area contributed by atoms with E-state index in [0.29, 0.717) is 6.54 Å². The standard InChI is InChI=1S/C13H18N2OS/c1-2-10-5-3-4-6-11(10)7-14-13(16)12-8-17-9-15-12/h3-6,12,15H,2,7-9H2,1H3,(H,14,16)/t12-/m0/s1. The molecular weight excluding hydrogens is 232 g/mol. The lowest BCUT2D eigenvalue weighted by Gasteiger charge is -2.12. The molecule has 1 amide bonds. The van der Waals surface area contributed by atoms with Gasteiger partial charge in [0, 0.05) is 18.2 Å². The van der Waals surface area contributed by atoms with Crippen LogP contribution in [0.5, 0.6) is 0 Å². The molecule has 0 aliphatic carbocycles. The molecule has 4 heteroatoms. The van der Waals surface area contributed by atoms with Gasteiger partial charge in [0.1, 0.15) is 0 Å². The van der Waals surface area contributed by atoms with Crippen molar-refractivity contribution >= 4 is 17.7 Å². The van der Waals surface area contributed by atoms with Crippen LogP contribution in [0.15, 0.2) is 24.3 Å². The molecule has 1 aromatic rings. The summed E-state index contributed by atoms with van der Waals surface area (Å²) in [6, 6.07) is 8.24. The van der Waals surface area contributed by atoms with Crippen LogP contribution < -0.4 is 10.6 Å². The number of carbonyl (C=O) groups is 1. The average Bonchev–Trinajstić information content (AvgIpc) is 2.90. The van der Waals surface area contributed by atoms with Crippen molar-refractivity contribution in [3.63, 3.8) is 0 Å². The topological polar surface area (TPSA) is 41.1 Å². The maximum atomic E-state index is 11.8. The molecule has 1 fully saturated rings. The quantitative estimate of drug-likeness (QED) is 0.851. The molecule has 3 nitrogen and oxygen atoms in total. The first-order valence-electron chi connectivity index (χ1n) is 5.97. The van der Waals surface area contributed by atoms with Crippen LogP contribution in [0, 0.1) is 0 Å². The first kappa shape index (κ1) is 12.5. The molecule has 1 atom stereocenters. The molecule has 1 saturated heterocycles. The number of hydrogen-bond acceptors (Lipinski definition) is 3. The number of aryl methyl sites for hydroxylation is 1. The van der Waals surface area contributed by atoms with Gasteiger partial charge in [-0.25, -0.2) is 0 Å². The van der Waals surface area contributed by atoms with Gasteiger partial charge in [-0.2, -0.15) is 0 Å². The second-order valence-electron chi connectivity index (χ2n) is 4.11. The van der Waals surface area contributed by atoms with Crippen LogP contribution >= 0.6 is 11.8 Å². The molecule has 17 heavy (non-hydrogen) atoms. The molecule has 2 rings (SSSR count). The fraction of sp³-hybridized carbons (Fsp3) is 0.462. The molecule has 0 bridgehead atoms. The van der Waals surface area contributed by atoms with Crippen LogP contribution in [0.4, 0.5) is 0 Å². The maximum Gasteiger partial charge on any atom is 0.238 e. The number of benzene rings is 1. The summed E-state index contributed by atoms with van der Waals surface area (Å²) >= 11 is 1.77. The van der Waals surface area contributed by atoms with Crippen molar-refractivity contribution in [3.05, 3.63) is 35.4 Å². The summed E-state index contributed by atoms with van der Waals surface area (Å²) in [7, 11) is 0. The fourth-order valence-corrected chi connectivity index (χ4v) is 2.89. The molecule has 1 aliphatic rings. The zero-order chi connectivity index (χ0) is 12.1. The Morgan fingerprint density at radius 2 is 2.24 bits per heavy atom. The Balaban J connectivity index is 1.90. The first-order chi connectivity index (χ1) is 8.31. The van der Waals surface area contributed by atoms with Gasteiger partial charge < -0.3 is 5.32 Å². The maximum absolute atomic E-state index is 11.8. The minimum atomic E-state index is -0.0196. The highest BCUT2D eigenvalue weighted by atomic mass is 32.2. The SMILES string of the molecule is CCc1ccccc1CNC(=O)[C@@H]1CSCN1. The second-order valence-corrected chi connectivity index (χ2v) is 5.14. The van der Waals surface area contributed by atoms with E-state index in [1.807, 2.05) is 12.1 Å². The summed E-state index contributed by atoms with van der Waals surface area (Å²) in [6.07, 6.45) is 1.00. The van der Waals surface area contributed by atoms with Crippen LogP contribution in [0.1, 0.15) is 18.1 Å². The third-order valence-electron chi connectivity index (χ3n) is 2.99. The fourth-order valence-electron chi connectivity index (χ4n) is 1.94. The average molecular weight is 250 g/mol. The minimum absolute atomic E-state index is 0.0196. The van der Waals surface area contributed by atoms with Gasteiger partial charge >= 0.3 is 0 Å². The number of nitrogens with one attached hydrogen (secondary N) is 2. The summed E-state index contributed by atoms with van der Waals surface area (Å²) in [5, 5.41) is 6.17. The molecule has 92 valence electrons. The van der Waals surface area contributed by atoms with Crippen molar-refractivity contribution < 1.29 is 4.79 Å². The lowest BCUT2D eigenvalue weighted by atomic mass is 10.1. The van der Waals surface area contributed by atoms with E-state index in [1.165, 1.54) is 11.1 Å². The molecule has 2 N–H and O–H groups in total. The Morgan fingerprint density at radius 1 is 1.47 bits per heavy atom. The molecule has 0 radical (unpaired) electrons. The van der Waals surface area contributed by atoms with Crippen molar-refractivity contribution in [1.29, 1.82) is 0 Å². The van der Waals surface area contributed by atoms with Gasteiger partial charge in [0.2, 0.25) is 5.91 Å². The van der Waals surface area contributed by atoms with Crippen molar-refractivity contribution in [2.45, 2.75) is 25.9 Å². The minimum Gasteiger partial charge on any atom is -0.351 e. The van der Waals surface area contributed by atoms with Crippen molar-refractivity contribution in [2.75, 3.05) is 11.6 Å². The highest BCUT2D eigenvalue weighted by molar-refractivity contribution is 7.99. The van der Waals surface area contributed by atoms with E-state index in [2.05, 4.69) is 29.7 Å². The van der Waals surface area contributed by atoms with Crippen LogP contribution in [-0.2, 0) is 17.8 Å². The monoisotopic (exact) mass is 250 g/mol. The Hall–Kier alpha value is -1.000.